The predicted molar refractivity (Wildman–Crippen MR) is 140 cm³/mol. The van der Waals surface area contributed by atoms with Crippen LogP contribution < -0.4 is 10.2 Å². The monoisotopic (exact) mass is 501 g/mol. The maximum atomic E-state index is 13.9. The minimum Gasteiger partial charge on any atom is -0.465 e. The molecule has 0 saturated heterocycles. The molecule has 8 nitrogen and oxygen atoms in total. The molecule has 0 fully saturated rings. The summed E-state index contributed by atoms with van der Waals surface area (Å²) in [5.41, 5.74) is 3.60. The highest BCUT2D eigenvalue weighted by Crippen LogP contribution is 2.36. The summed E-state index contributed by atoms with van der Waals surface area (Å²) in [6, 6.07) is 16.0. The van der Waals surface area contributed by atoms with E-state index in [1.54, 1.807) is 44.1 Å². The molecule has 37 heavy (non-hydrogen) atoms. The molecule has 1 aromatic heterocycles. The van der Waals surface area contributed by atoms with E-state index in [4.69, 9.17) is 9.47 Å². The summed E-state index contributed by atoms with van der Waals surface area (Å²) in [5, 5.41) is 2.77. The van der Waals surface area contributed by atoms with E-state index in [0.29, 0.717) is 30.6 Å². The molecule has 1 aliphatic rings. The fraction of sp³-hybridized carbons (Fsp3) is 0.310. The number of carbonyl (C=O) groups is 3. The Labute approximate surface area is 216 Å². The summed E-state index contributed by atoms with van der Waals surface area (Å²) in [5.74, 6) is -0.745. The van der Waals surface area contributed by atoms with Crippen molar-refractivity contribution in [3.05, 3.63) is 83.7 Å². The zero-order chi connectivity index (χ0) is 26.6. The van der Waals surface area contributed by atoms with E-state index in [1.165, 1.54) is 7.11 Å². The number of alkyl carbamates (subject to hydrolysis) is 1. The van der Waals surface area contributed by atoms with Crippen LogP contribution in [0.5, 0.6) is 0 Å². The lowest BCUT2D eigenvalue weighted by Crippen LogP contribution is -2.50. The number of aromatic nitrogens is 1. The van der Waals surface area contributed by atoms with Crippen LogP contribution >= 0.6 is 0 Å². The lowest BCUT2D eigenvalue weighted by molar-refractivity contribution is -0.120. The number of anilines is 1. The van der Waals surface area contributed by atoms with E-state index >= 15 is 0 Å². The number of pyridine rings is 1. The summed E-state index contributed by atoms with van der Waals surface area (Å²) in [6.45, 7) is 5.68. The standard InChI is InChI=1S/C29H31N3O5/c1-29(2,3)37-28(35)31-24(16-19-8-6-5-7-9-19)26(33)32-15-12-22-23(27(34)36-4)17-21(18-25(22)32)20-10-13-30-14-11-20/h5-11,13-14,17-18,24H,12,15-16H2,1-4H3,(H,31,35)/t24-/m0/s1. The summed E-state index contributed by atoms with van der Waals surface area (Å²) >= 11 is 0. The van der Waals surface area contributed by atoms with Gasteiger partial charge in [0, 0.05) is 31.0 Å². The largest absolute Gasteiger partial charge is 0.465 e. The highest BCUT2D eigenvalue weighted by Gasteiger charge is 2.35. The Morgan fingerprint density at radius 3 is 2.38 bits per heavy atom. The molecule has 1 aliphatic heterocycles. The lowest BCUT2D eigenvalue weighted by Gasteiger charge is -2.27. The van der Waals surface area contributed by atoms with Crippen molar-refractivity contribution in [1.29, 1.82) is 0 Å². The van der Waals surface area contributed by atoms with Crippen molar-refractivity contribution in [2.24, 2.45) is 0 Å². The van der Waals surface area contributed by atoms with Crippen LogP contribution in [0.25, 0.3) is 11.1 Å². The van der Waals surface area contributed by atoms with E-state index in [0.717, 1.165) is 22.3 Å². The van der Waals surface area contributed by atoms with E-state index in [-0.39, 0.29) is 5.91 Å². The van der Waals surface area contributed by atoms with Crippen molar-refractivity contribution in [1.82, 2.24) is 10.3 Å². The second-order valence-corrected chi connectivity index (χ2v) is 9.88. The van der Waals surface area contributed by atoms with Crippen molar-refractivity contribution >= 4 is 23.7 Å². The topological polar surface area (TPSA) is 97.8 Å². The Morgan fingerprint density at radius 1 is 1.03 bits per heavy atom. The third-order valence-corrected chi connectivity index (χ3v) is 6.06. The van der Waals surface area contributed by atoms with Crippen molar-refractivity contribution < 1.29 is 23.9 Å². The SMILES string of the molecule is COC(=O)c1cc(-c2ccncc2)cc2c1CCN2C(=O)[C@H](Cc1ccccc1)NC(=O)OC(C)(C)C. The van der Waals surface area contributed by atoms with Gasteiger partial charge in [0.1, 0.15) is 11.6 Å². The van der Waals surface area contributed by atoms with Gasteiger partial charge in [0.15, 0.2) is 0 Å². The fourth-order valence-corrected chi connectivity index (χ4v) is 4.42. The molecule has 0 saturated carbocycles. The zero-order valence-corrected chi connectivity index (χ0v) is 21.5. The molecule has 1 N–H and O–H groups in total. The summed E-state index contributed by atoms with van der Waals surface area (Å²) < 4.78 is 10.5. The minimum absolute atomic E-state index is 0.281. The van der Waals surface area contributed by atoms with E-state index in [2.05, 4.69) is 10.3 Å². The van der Waals surface area contributed by atoms with Gasteiger partial charge in [0.2, 0.25) is 5.91 Å². The van der Waals surface area contributed by atoms with Crippen LogP contribution in [-0.4, -0.2) is 48.3 Å². The second-order valence-electron chi connectivity index (χ2n) is 9.88. The molecule has 2 amide bonds. The molecular weight excluding hydrogens is 470 g/mol. The van der Waals surface area contributed by atoms with Crippen molar-refractivity contribution in [3.63, 3.8) is 0 Å². The first-order chi connectivity index (χ1) is 17.7. The number of nitrogens with one attached hydrogen (secondary N) is 1. The number of hydrogen-bond donors (Lipinski definition) is 1. The van der Waals surface area contributed by atoms with Crippen LogP contribution in [0.3, 0.4) is 0 Å². The number of fused-ring (bicyclic) bond motifs is 1. The average Bonchev–Trinajstić information content (AvgIpc) is 3.31. The molecule has 3 aromatic rings. The van der Waals surface area contributed by atoms with E-state index in [1.807, 2.05) is 48.5 Å². The molecule has 2 heterocycles. The van der Waals surface area contributed by atoms with Gasteiger partial charge < -0.3 is 19.7 Å². The highest BCUT2D eigenvalue weighted by atomic mass is 16.6. The minimum atomic E-state index is -0.866. The van der Waals surface area contributed by atoms with Crippen molar-refractivity contribution in [2.45, 2.75) is 45.3 Å². The Bertz CT molecular complexity index is 1290. The first-order valence-electron chi connectivity index (χ1n) is 12.2. The van der Waals surface area contributed by atoms with Crippen LogP contribution in [0.4, 0.5) is 10.5 Å². The Balaban J connectivity index is 1.71. The smallest absolute Gasteiger partial charge is 0.408 e. The van der Waals surface area contributed by atoms with Crippen LogP contribution in [-0.2, 0) is 27.1 Å². The summed E-state index contributed by atoms with van der Waals surface area (Å²) in [7, 11) is 1.34. The van der Waals surface area contributed by atoms with Gasteiger partial charge in [0.25, 0.3) is 0 Å². The number of benzene rings is 2. The first kappa shape index (κ1) is 25.9. The Kier molecular flexibility index (Phi) is 7.57. The van der Waals surface area contributed by atoms with E-state index < -0.39 is 23.7 Å². The molecular formula is C29H31N3O5. The van der Waals surface area contributed by atoms with Crippen LogP contribution in [0.1, 0.15) is 42.3 Å². The quantitative estimate of drug-likeness (QED) is 0.498. The number of esters is 1. The van der Waals surface area contributed by atoms with Crippen LogP contribution in [0.2, 0.25) is 0 Å². The zero-order valence-electron chi connectivity index (χ0n) is 21.5. The molecule has 0 spiro atoms. The van der Waals surface area contributed by atoms with Gasteiger partial charge in [-0.3, -0.25) is 9.78 Å². The molecule has 0 bridgehead atoms. The number of carbonyl (C=O) groups excluding carboxylic acids is 3. The molecule has 0 aliphatic carbocycles. The molecule has 4 rings (SSSR count). The number of methoxy groups -OCH3 is 1. The van der Waals surface area contributed by atoms with Crippen LogP contribution in [0.15, 0.2) is 67.0 Å². The molecule has 8 heteroatoms. The molecule has 1 atom stereocenters. The predicted octanol–water partition coefficient (Wildman–Crippen LogP) is 4.56. The van der Waals surface area contributed by atoms with Crippen molar-refractivity contribution in [2.75, 3.05) is 18.6 Å². The number of amides is 2. The second kappa shape index (κ2) is 10.8. The maximum Gasteiger partial charge on any atom is 0.408 e. The lowest BCUT2D eigenvalue weighted by atomic mass is 9.97. The van der Waals surface area contributed by atoms with Gasteiger partial charge in [-0.05, 0) is 73.7 Å². The highest BCUT2D eigenvalue weighted by molar-refractivity contribution is 6.04. The molecule has 2 aromatic carbocycles. The van der Waals surface area contributed by atoms with Gasteiger partial charge in [-0.15, -0.1) is 0 Å². The van der Waals surface area contributed by atoms with Crippen molar-refractivity contribution in [3.8, 4) is 11.1 Å². The first-order valence-corrected chi connectivity index (χ1v) is 12.2. The average molecular weight is 502 g/mol. The van der Waals surface area contributed by atoms with Gasteiger partial charge in [-0.1, -0.05) is 30.3 Å². The summed E-state index contributed by atoms with van der Waals surface area (Å²) in [4.78, 5) is 45.0. The van der Waals surface area contributed by atoms with E-state index in [9.17, 15) is 14.4 Å². The van der Waals surface area contributed by atoms with Gasteiger partial charge in [0.05, 0.1) is 12.7 Å². The maximum absolute atomic E-state index is 13.9. The molecule has 192 valence electrons. The molecule has 0 radical (unpaired) electrons. The van der Waals surface area contributed by atoms with Gasteiger partial charge >= 0.3 is 12.1 Å². The number of rotatable bonds is 6. The molecule has 0 unspecified atom stereocenters. The Hall–Kier alpha value is -4.20. The van der Waals surface area contributed by atoms with Gasteiger partial charge in [-0.2, -0.15) is 0 Å². The summed E-state index contributed by atoms with van der Waals surface area (Å²) in [6.07, 6.45) is 3.46. The number of nitrogens with zero attached hydrogens (tertiary/aromatic N) is 2. The number of hydrogen-bond acceptors (Lipinski definition) is 6. The normalized spacial score (nSPS) is 13.5. The third kappa shape index (κ3) is 6.14. The van der Waals surface area contributed by atoms with Crippen LogP contribution in [0, 0.1) is 0 Å². The Morgan fingerprint density at radius 2 is 1.73 bits per heavy atom. The fourth-order valence-electron chi connectivity index (χ4n) is 4.42. The number of ether oxygens (including phenoxy) is 2. The third-order valence-electron chi connectivity index (χ3n) is 6.06. The van der Waals surface area contributed by atoms with Gasteiger partial charge in [-0.25, -0.2) is 9.59 Å².